The molecule has 0 spiro atoms. The fourth-order valence-electron chi connectivity index (χ4n) is 3.80. The Morgan fingerprint density at radius 1 is 1.23 bits per heavy atom. The van der Waals surface area contributed by atoms with E-state index in [0.29, 0.717) is 24.2 Å². The molecule has 0 bridgehead atoms. The first-order valence-corrected chi connectivity index (χ1v) is 9.61. The number of alkyl halides is 1. The highest BCUT2D eigenvalue weighted by Crippen LogP contribution is 2.28. The molecule has 0 aromatic carbocycles. The van der Waals surface area contributed by atoms with Crippen molar-refractivity contribution in [3.8, 4) is 11.3 Å². The van der Waals surface area contributed by atoms with Crippen molar-refractivity contribution in [3.05, 3.63) is 36.8 Å². The number of nitrogens with one attached hydrogen (secondary N) is 1. The van der Waals surface area contributed by atoms with Crippen LogP contribution in [0.1, 0.15) is 13.3 Å². The molecule has 3 N–H and O–H groups in total. The van der Waals surface area contributed by atoms with E-state index >= 15 is 0 Å². The summed E-state index contributed by atoms with van der Waals surface area (Å²) in [4.78, 5) is 21.5. The van der Waals surface area contributed by atoms with E-state index in [-0.39, 0.29) is 24.2 Å². The lowest BCUT2D eigenvalue weighted by Gasteiger charge is -2.34. The van der Waals surface area contributed by atoms with Crippen molar-refractivity contribution in [1.29, 1.82) is 0 Å². The minimum Gasteiger partial charge on any atom is -0.382 e. The molecule has 5 heterocycles. The molecule has 0 unspecified atom stereocenters. The molecule has 1 saturated heterocycles. The number of hydrogen-bond acceptors (Lipinski definition) is 7. The molecular weight excluding hydrogens is 389 g/mol. The summed E-state index contributed by atoms with van der Waals surface area (Å²) in [6, 6.07) is 5.10. The Morgan fingerprint density at radius 3 is 2.90 bits per heavy atom. The number of piperidine rings is 1. The Balaban J connectivity index is 1.43. The molecule has 1 aliphatic heterocycles. The molecule has 0 radical (unpaired) electrons. The maximum Gasteiger partial charge on any atom is 0.243 e. The first-order valence-electron chi connectivity index (χ1n) is 9.61. The van der Waals surface area contributed by atoms with E-state index in [2.05, 4.69) is 25.5 Å². The van der Waals surface area contributed by atoms with Gasteiger partial charge in [-0.05, 0) is 24.6 Å². The Hall–Kier alpha value is -3.76. The monoisotopic (exact) mass is 409 g/mol. The molecule has 5 rings (SSSR count). The summed E-state index contributed by atoms with van der Waals surface area (Å²) in [5.41, 5.74) is 9.09. The van der Waals surface area contributed by atoms with Crippen molar-refractivity contribution < 1.29 is 9.18 Å². The highest BCUT2D eigenvalue weighted by atomic mass is 19.1. The van der Waals surface area contributed by atoms with Crippen molar-refractivity contribution in [2.75, 3.05) is 24.1 Å². The molecule has 11 heteroatoms. The molecule has 0 saturated carbocycles. The number of imidazole rings is 1. The number of carbonyl (C=O) groups excluding carboxylic acids is 1. The van der Waals surface area contributed by atoms with Crippen molar-refractivity contribution in [3.63, 3.8) is 0 Å². The van der Waals surface area contributed by atoms with E-state index in [0.717, 1.165) is 11.2 Å². The summed E-state index contributed by atoms with van der Waals surface area (Å²) < 4.78 is 17.8. The van der Waals surface area contributed by atoms with Crippen molar-refractivity contribution in [2.24, 2.45) is 0 Å². The van der Waals surface area contributed by atoms with E-state index in [9.17, 15) is 9.18 Å². The van der Waals surface area contributed by atoms with Crippen LogP contribution in [0.25, 0.3) is 22.4 Å². The number of nitrogens with two attached hydrogens (primary N) is 1. The maximum atomic E-state index is 14.5. The third kappa shape index (κ3) is 3.08. The van der Waals surface area contributed by atoms with Crippen LogP contribution in [0.2, 0.25) is 0 Å². The zero-order chi connectivity index (χ0) is 20.8. The number of amides is 1. The highest BCUT2D eigenvalue weighted by molar-refractivity contribution is 5.86. The largest absolute Gasteiger partial charge is 0.382 e. The van der Waals surface area contributed by atoms with E-state index in [1.807, 2.05) is 18.2 Å². The average Bonchev–Trinajstić information content (AvgIpc) is 3.35. The number of nitrogens with zero attached hydrogens (tertiary/aromatic N) is 7. The number of fused-ring (bicyclic) bond motifs is 2. The van der Waals surface area contributed by atoms with Crippen LogP contribution in [0.3, 0.4) is 0 Å². The molecule has 4 aromatic rings. The second-order valence-electron chi connectivity index (χ2n) is 7.31. The van der Waals surface area contributed by atoms with Gasteiger partial charge in [-0.1, -0.05) is 0 Å². The summed E-state index contributed by atoms with van der Waals surface area (Å²) >= 11 is 0. The minimum atomic E-state index is -1.21. The number of anilines is 2. The lowest BCUT2D eigenvalue weighted by Crippen LogP contribution is -2.49. The predicted molar refractivity (Wildman–Crippen MR) is 109 cm³/mol. The normalized spacial score (nSPS) is 19.5. The van der Waals surface area contributed by atoms with Gasteiger partial charge in [0.15, 0.2) is 11.5 Å². The third-order valence-corrected chi connectivity index (χ3v) is 5.37. The van der Waals surface area contributed by atoms with Gasteiger partial charge in [0.05, 0.1) is 18.3 Å². The summed E-state index contributed by atoms with van der Waals surface area (Å²) in [5.74, 6) is 0.376. The van der Waals surface area contributed by atoms with Crippen LogP contribution in [0, 0.1) is 0 Å². The van der Waals surface area contributed by atoms with Gasteiger partial charge in [-0.2, -0.15) is 10.1 Å². The summed E-state index contributed by atoms with van der Waals surface area (Å²) in [7, 11) is 0. The number of halogens is 1. The van der Waals surface area contributed by atoms with Crippen molar-refractivity contribution in [1.82, 2.24) is 34.1 Å². The fraction of sp³-hybridized carbons (Fsp3) is 0.316. The smallest absolute Gasteiger partial charge is 0.243 e. The van der Waals surface area contributed by atoms with Gasteiger partial charge in [-0.3, -0.25) is 4.79 Å². The zero-order valence-electron chi connectivity index (χ0n) is 16.2. The molecule has 0 aliphatic carbocycles. The minimum absolute atomic E-state index is 0.0563. The molecule has 4 aromatic heterocycles. The van der Waals surface area contributed by atoms with Gasteiger partial charge in [0, 0.05) is 37.6 Å². The van der Waals surface area contributed by atoms with Gasteiger partial charge in [-0.25, -0.2) is 18.4 Å². The lowest BCUT2D eigenvalue weighted by molar-refractivity contribution is -0.131. The van der Waals surface area contributed by atoms with Gasteiger partial charge >= 0.3 is 0 Å². The van der Waals surface area contributed by atoms with Gasteiger partial charge in [0.2, 0.25) is 11.9 Å². The number of rotatable bonds is 3. The molecule has 10 nitrogen and oxygen atoms in total. The maximum absolute atomic E-state index is 14.5. The molecule has 1 amide bonds. The summed E-state index contributed by atoms with van der Waals surface area (Å²) in [6.45, 7) is 1.99. The Morgan fingerprint density at radius 2 is 2.10 bits per heavy atom. The fourth-order valence-corrected chi connectivity index (χ4v) is 3.80. The molecule has 1 aliphatic rings. The van der Waals surface area contributed by atoms with Gasteiger partial charge < -0.3 is 16.0 Å². The van der Waals surface area contributed by atoms with Crippen LogP contribution < -0.4 is 11.1 Å². The quantitative estimate of drug-likeness (QED) is 0.525. The van der Waals surface area contributed by atoms with Crippen molar-refractivity contribution >= 4 is 28.8 Å². The number of hydrogen-bond donors (Lipinski definition) is 2. The van der Waals surface area contributed by atoms with Crippen LogP contribution in [-0.4, -0.2) is 65.3 Å². The molecule has 30 heavy (non-hydrogen) atoms. The van der Waals surface area contributed by atoms with Crippen LogP contribution in [-0.2, 0) is 4.79 Å². The predicted octanol–water partition coefficient (Wildman–Crippen LogP) is 1.39. The first kappa shape index (κ1) is 18.3. The van der Waals surface area contributed by atoms with Crippen LogP contribution >= 0.6 is 0 Å². The van der Waals surface area contributed by atoms with E-state index in [4.69, 9.17) is 5.73 Å². The topological polar surface area (TPSA) is 119 Å². The van der Waals surface area contributed by atoms with Crippen LogP contribution in [0.15, 0.2) is 36.8 Å². The Kier molecular flexibility index (Phi) is 4.23. The second kappa shape index (κ2) is 6.94. The first-order chi connectivity index (χ1) is 14.5. The highest BCUT2D eigenvalue weighted by Gasteiger charge is 2.31. The zero-order valence-corrected chi connectivity index (χ0v) is 16.2. The van der Waals surface area contributed by atoms with Gasteiger partial charge in [-0.15, -0.1) is 5.10 Å². The van der Waals surface area contributed by atoms with Gasteiger partial charge in [0.25, 0.3) is 0 Å². The van der Waals surface area contributed by atoms with E-state index in [1.54, 1.807) is 27.6 Å². The number of aromatic nitrogens is 6. The summed E-state index contributed by atoms with van der Waals surface area (Å²) in [6.07, 6.45) is 4.46. The SMILES string of the molecule is CC(=O)N1CC[C@H](Nc2nc(N)c3c(-c4ccc5nccn5n4)ccn3n2)[C@H](F)C1. The van der Waals surface area contributed by atoms with E-state index < -0.39 is 12.2 Å². The van der Waals surface area contributed by atoms with Crippen LogP contribution in [0.5, 0.6) is 0 Å². The Labute approximate surface area is 170 Å². The Bertz CT molecular complexity index is 1250. The third-order valence-electron chi connectivity index (χ3n) is 5.37. The average molecular weight is 409 g/mol. The standard InChI is InChI=1S/C19H20FN9O/c1-11(30)27-7-5-15(13(20)10-27)23-19-24-18(21)17-12(4-8-29(17)26-19)14-2-3-16-22-6-9-28(16)25-14/h2-4,6,8-9,13,15H,5,7,10H2,1H3,(H3,21,23,24,26)/t13-,15+/m1/s1. The molecule has 1 fully saturated rings. The number of likely N-dealkylation sites (tertiary alicyclic amines) is 1. The molecule has 154 valence electrons. The second-order valence-corrected chi connectivity index (χ2v) is 7.31. The van der Waals surface area contributed by atoms with E-state index in [1.165, 1.54) is 11.8 Å². The summed E-state index contributed by atoms with van der Waals surface area (Å²) in [5, 5.41) is 12.0. The number of carbonyl (C=O) groups is 1. The molecule has 2 atom stereocenters. The molecular formula is C19H20FN9O. The van der Waals surface area contributed by atoms with Gasteiger partial charge in [0.1, 0.15) is 11.7 Å². The lowest BCUT2D eigenvalue weighted by atomic mass is 10.0. The van der Waals surface area contributed by atoms with Crippen molar-refractivity contribution in [2.45, 2.75) is 25.6 Å². The van der Waals surface area contributed by atoms with Crippen LogP contribution in [0.4, 0.5) is 16.2 Å². The number of nitrogen functional groups attached to an aromatic ring is 1.